The van der Waals surface area contributed by atoms with Gasteiger partial charge < -0.3 is 0 Å². The van der Waals surface area contributed by atoms with Crippen LogP contribution in [0.3, 0.4) is 0 Å². The zero-order valence-electron chi connectivity index (χ0n) is 6.06. The quantitative estimate of drug-likeness (QED) is 0.696. The molecule has 0 N–H and O–H groups in total. The van der Waals surface area contributed by atoms with Crippen molar-refractivity contribution in [3.05, 3.63) is 27.3 Å². The van der Waals surface area contributed by atoms with Crippen LogP contribution in [-0.2, 0) is 0 Å². The van der Waals surface area contributed by atoms with Gasteiger partial charge in [0, 0.05) is 11.8 Å². The fraction of sp³-hybridized carbons (Fsp3) is 0. The number of fused-ring (bicyclic) bond motifs is 1. The molecule has 0 amide bonds. The summed E-state index contributed by atoms with van der Waals surface area (Å²) in [5, 5.41) is 5.42. The van der Waals surface area contributed by atoms with E-state index in [-0.39, 0.29) is 5.15 Å². The molecule has 0 saturated carbocycles. The maximum absolute atomic E-state index is 5.92. The lowest BCUT2D eigenvalue weighted by atomic mass is 10.2. The largest absolute Gasteiger partial charge is 0.171 e. The molecular formula is C7H2Cl4N2. The maximum atomic E-state index is 5.92. The number of rotatable bonds is 0. The Bertz CT molecular complexity index is 477. The van der Waals surface area contributed by atoms with Crippen molar-refractivity contribution in [2.75, 3.05) is 0 Å². The second kappa shape index (κ2) is 3.21. The van der Waals surface area contributed by atoms with Crippen molar-refractivity contribution < 1.29 is 0 Å². The highest BCUT2D eigenvalue weighted by molar-refractivity contribution is 6.48. The molecule has 1 aromatic heterocycles. The van der Waals surface area contributed by atoms with Crippen molar-refractivity contribution in [1.29, 1.82) is 0 Å². The summed E-state index contributed by atoms with van der Waals surface area (Å²) >= 11 is 23.2. The van der Waals surface area contributed by atoms with Crippen LogP contribution in [-0.4, -0.2) is 9.30 Å². The van der Waals surface area contributed by atoms with Crippen molar-refractivity contribution in [2.45, 2.75) is 0 Å². The highest BCUT2D eigenvalue weighted by Gasteiger charge is 2.13. The number of halogens is 4. The van der Waals surface area contributed by atoms with Crippen molar-refractivity contribution in [1.82, 2.24) is 9.30 Å². The molecule has 1 heterocycles. The molecule has 0 fully saturated rings. The third-order valence-corrected chi connectivity index (χ3v) is 2.98. The molecule has 0 atom stereocenters. The molecule has 13 heavy (non-hydrogen) atoms. The van der Waals surface area contributed by atoms with Crippen molar-refractivity contribution in [3.63, 3.8) is 0 Å². The highest BCUT2D eigenvalue weighted by Crippen LogP contribution is 2.35. The Hall–Kier alpha value is -0.150. The molecule has 0 saturated heterocycles. The minimum Gasteiger partial charge on any atom is -0.171 e. The molecule has 6 heteroatoms. The molecule has 0 aliphatic heterocycles. The highest BCUT2D eigenvalue weighted by atomic mass is 35.5. The second-order valence-electron chi connectivity index (χ2n) is 2.41. The van der Waals surface area contributed by atoms with Gasteiger partial charge in [-0.2, -0.15) is 4.20 Å². The summed E-state index contributed by atoms with van der Waals surface area (Å²) in [6.45, 7) is 0. The van der Waals surface area contributed by atoms with Crippen LogP contribution in [0.15, 0.2) is 12.1 Å². The number of aromatic nitrogens is 2. The first-order chi connectivity index (χ1) is 6.11. The molecular weight excluding hydrogens is 254 g/mol. The third-order valence-electron chi connectivity index (χ3n) is 1.65. The molecule has 2 aromatic rings. The summed E-state index contributed by atoms with van der Waals surface area (Å²) in [5.41, 5.74) is 0.640. The number of hydrogen-bond donors (Lipinski definition) is 0. The van der Waals surface area contributed by atoms with Crippen LogP contribution in [0.1, 0.15) is 0 Å². The van der Waals surface area contributed by atoms with Crippen molar-refractivity contribution >= 4 is 57.5 Å². The first kappa shape index (κ1) is 9.41. The Balaban J connectivity index is 2.98. The van der Waals surface area contributed by atoms with Gasteiger partial charge in [-0.1, -0.05) is 34.8 Å². The average molecular weight is 256 g/mol. The zero-order valence-corrected chi connectivity index (χ0v) is 9.08. The topological polar surface area (TPSA) is 17.8 Å². The summed E-state index contributed by atoms with van der Waals surface area (Å²) in [6.07, 6.45) is 0. The standard InChI is InChI=1S/C7H2Cl4N2/c8-3-1-2-4-5(6(3)9)7(10)12-13(4)11/h1-2H. The van der Waals surface area contributed by atoms with E-state index in [9.17, 15) is 0 Å². The van der Waals surface area contributed by atoms with Crippen LogP contribution in [0.2, 0.25) is 15.2 Å². The number of benzene rings is 1. The minimum atomic E-state index is 0.248. The van der Waals surface area contributed by atoms with E-state index in [0.29, 0.717) is 20.9 Å². The first-order valence-electron chi connectivity index (χ1n) is 3.29. The van der Waals surface area contributed by atoms with Gasteiger partial charge in [0.25, 0.3) is 0 Å². The molecule has 0 aliphatic rings. The van der Waals surface area contributed by atoms with Gasteiger partial charge in [-0.3, -0.25) is 0 Å². The second-order valence-corrected chi connectivity index (χ2v) is 3.87. The maximum Gasteiger partial charge on any atom is 0.161 e. The average Bonchev–Trinajstić information content (AvgIpc) is 2.35. The zero-order chi connectivity index (χ0) is 9.59. The van der Waals surface area contributed by atoms with E-state index in [0.717, 1.165) is 4.20 Å². The lowest BCUT2D eigenvalue weighted by molar-refractivity contribution is 1.02. The molecule has 0 spiro atoms. The van der Waals surface area contributed by atoms with Crippen LogP contribution in [0, 0.1) is 0 Å². The van der Waals surface area contributed by atoms with Crippen molar-refractivity contribution in [2.24, 2.45) is 0 Å². The van der Waals surface area contributed by atoms with Crippen molar-refractivity contribution in [3.8, 4) is 0 Å². The normalized spacial score (nSPS) is 11.1. The van der Waals surface area contributed by atoms with Gasteiger partial charge in [0.15, 0.2) is 5.15 Å². The first-order valence-corrected chi connectivity index (χ1v) is 4.77. The van der Waals surface area contributed by atoms with Gasteiger partial charge in [0.1, 0.15) is 0 Å². The molecule has 0 aliphatic carbocycles. The van der Waals surface area contributed by atoms with Crippen LogP contribution in [0.4, 0.5) is 0 Å². The van der Waals surface area contributed by atoms with Gasteiger partial charge in [-0.05, 0) is 12.1 Å². The fourth-order valence-electron chi connectivity index (χ4n) is 1.07. The van der Waals surface area contributed by atoms with Gasteiger partial charge >= 0.3 is 0 Å². The smallest absolute Gasteiger partial charge is 0.161 e. The molecule has 68 valence electrons. The molecule has 0 unspecified atom stereocenters. The van der Waals surface area contributed by atoms with Crippen LogP contribution in [0.25, 0.3) is 10.9 Å². The van der Waals surface area contributed by atoms with E-state index < -0.39 is 0 Å². The Kier molecular flexibility index (Phi) is 2.32. The number of hydrogen-bond acceptors (Lipinski definition) is 1. The summed E-state index contributed by atoms with van der Waals surface area (Å²) in [7, 11) is 0. The van der Waals surface area contributed by atoms with Gasteiger partial charge in [0.2, 0.25) is 0 Å². The predicted octanol–water partition coefficient (Wildman–Crippen LogP) is 4.00. The van der Waals surface area contributed by atoms with Crippen LogP contribution < -0.4 is 0 Å². The Labute approximate surface area is 94.0 Å². The molecule has 2 nitrogen and oxygen atoms in total. The molecule has 1 aromatic carbocycles. The fourth-order valence-corrected chi connectivity index (χ4v) is 2.05. The third kappa shape index (κ3) is 1.38. The van der Waals surface area contributed by atoms with Gasteiger partial charge in [-0.15, -0.1) is 5.10 Å². The number of nitrogens with zero attached hydrogens (tertiary/aromatic N) is 2. The van der Waals surface area contributed by atoms with E-state index in [1.807, 2.05) is 0 Å². The summed E-state index contributed by atoms with van der Waals surface area (Å²) in [6, 6.07) is 3.35. The predicted molar refractivity (Wildman–Crippen MR) is 56.0 cm³/mol. The molecule has 0 bridgehead atoms. The van der Waals surface area contributed by atoms with E-state index >= 15 is 0 Å². The monoisotopic (exact) mass is 254 g/mol. The Morgan fingerprint density at radius 3 is 2.54 bits per heavy atom. The Morgan fingerprint density at radius 1 is 1.15 bits per heavy atom. The van der Waals surface area contributed by atoms with E-state index in [1.165, 1.54) is 0 Å². The lowest BCUT2D eigenvalue weighted by Crippen LogP contribution is -1.80. The van der Waals surface area contributed by atoms with Gasteiger partial charge in [-0.25, -0.2) is 0 Å². The summed E-state index contributed by atoms with van der Waals surface area (Å²) in [4.78, 5) is 0. The summed E-state index contributed by atoms with van der Waals surface area (Å²) < 4.78 is 1.14. The lowest BCUT2D eigenvalue weighted by Gasteiger charge is -1.96. The molecule has 0 radical (unpaired) electrons. The van der Waals surface area contributed by atoms with Crippen LogP contribution in [0.5, 0.6) is 0 Å². The van der Waals surface area contributed by atoms with E-state index in [2.05, 4.69) is 5.10 Å². The SMILES string of the molecule is Clc1ccc2c(c(Cl)nn2Cl)c1Cl. The van der Waals surface area contributed by atoms with E-state index in [1.54, 1.807) is 12.1 Å². The Morgan fingerprint density at radius 2 is 1.85 bits per heavy atom. The molecule has 2 rings (SSSR count). The minimum absolute atomic E-state index is 0.248. The van der Waals surface area contributed by atoms with Gasteiger partial charge in [0.05, 0.1) is 20.9 Å². The van der Waals surface area contributed by atoms with E-state index in [4.69, 9.17) is 46.6 Å². The van der Waals surface area contributed by atoms with Crippen LogP contribution >= 0.6 is 46.6 Å². The summed E-state index contributed by atoms with van der Waals surface area (Å²) in [5.74, 6) is 0.